The maximum absolute atomic E-state index is 14.0. The molecular weight excluding hydrogens is 572 g/mol. The number of nitrogens with zero attached hydrogens (tertiary/aromatic N) is 5. The van der Waals surface area contributed by atoms with E-state index in [9.17, 15) is 23.2 Å². The zero-order valence-corrected chi connectivity index (χ0v) is 24.3. The molecule has 0 N–H and O–H groups in total. The number of thioether (sulfide) groups is 1. The predicted octanol–water partition coefficient (Wildman–Crippen LogP) is 4.68. The summed E-state index contributed by atoms with van der Waals surface area (Å²) >= 11 is 1.39. The summed E-state index contributed by atoms with van der Waals surface area (Å²) in [6, 6.07) is 21.5. The molecule has 2 aliphatic rings. The fourth-order valence-electron chi connectivity index (χ4n) is 5.50. The molecule has 3 heterocycles. The van der Waals surface area contributed by atoms with Gasteiger partial charge in [0.15, 0.2) is 0 Å². The van der Waals surface area contributed by atoms with Crippen molar-refractivity contribution in [1.29, 1.82) is 0 Å². The Hall–Kier alpha value is -4.51. The van der Waals surface area contributed by atoms with Gasteiger partial charge in [0.25, 0.3) is 0 Å². The first-order valence-corrected chi connectivity index (χ1v) is 15.0. The molecule has 11 heteroatoms. The van der Waals surface area contributed by atoms with Crippen LogP contribution in [0.25, 0.3) is 16.9 Å². The van der Waals surface area contributed by atoms with Crippen molar-refractivity contribution in [2.24, 2.45) is 0 Å². The second-order valence-corrected chi connectivity index (χ2v) is 11.5. The van der Waals surface area contributed by atoms with Crippen molar-refractivity contribution in [3.63, 3.8) is 0 Å². The minimum atomic E-state index is -0.419. The Balaban J connectivity index is 1.51. The standard InChI is InChI=1S/C32H29F2N5O3S/c1-21(40)36-15-17-37(18-16-36)27(41)19-38-28(42)20-43-31(23-7-9-24(33)10-8-23)29-30(22-5-3-2-4-6-22)35-39(32(29)38)26-13-11-25(34)12-14-26/h2-14,31H,15-20H2,1H3/t31-/m1/s1. The van der Waals surface area contributed by atoms with Crippen LogP contribution in [0.4, 0.5) is 14.6 Å². The summed E-state index contributed by atoms with van der Waals surface area (Å²) in [7, 11) is 0. The number of carbonyl (C=O) groups is 3. The predicted molar refractivity (Wildman–Crippen MR) is 161 cm³/mol. The Morgan fingerprint density at radius 3 is 2.09 bits per heavy atom. The molecule has 0 bridgehead atoms. The van der Waals surface area contributed by atoms with Gasteiger partial charge in [-0.2, -0.15) is 5.10 Å². The maximum atomic E-state index is 14.0. The molecule has 4 aromatic rings. The van der Waals surface area contributed by atoms with Crippen molar-refractivity contribution in [1.82, 2.24) is 19.6 Å². The van der Waals surface area contributed by atoms with Crippen molar-refractivity contribution >= 4 is 35.3 Å². The van der Waals surface area contributed by atoms with Gasteiger partial charge in [0.05, 0.1) is 22.4 Å². The van der Waals surface area contributed by atoms with E-state index in [4.69, 9.17) is 5.10 Å². The number of hydrogen-bond acceptors (Lipinski definition) is 5. The van der Waals surface area contributed by atoms with Gasteiger partial charge in [-0.1, -0.05) is 42.5 Å². The van der Waals surface area contributed by atoms with Crippen molar-refractivity contribution < 1.29 is 23.2 Å². The van der Waals surface area contributed by atoms with Crippen LogP contribution < -0.4 is 4.90 Å². The van der Waals surface area contributed by atoms with E-state index in [2.05, 4.69) is 0 Å². The number of halogens is 2. The summed E-state index contributed by atoms with van der Waals surface area (Å²) in [5.74, 6) is -0.889. The van der Waals surface area contributed by atoms with E-state index in [-0.39, 0.29) is 35.8 Å². The third-order valence-electron chi connectivity index (χ3n) is 7.75. The minimum absolute atomic E-state index is 0.0417. The number of carbonyl (C=O) groups excluding carboxylic acids is 3. The van der Waals surface area contributed by atoms with Gasteiger partial charge in [-0.3, -0.25) is 19.3 Å². The van der Waals surface area contributed by atoms with Crippen LogP contribution in [0.15, 0.2) is 78.9 Å². The molecule has 1 fully saturated rings. The second-order valence-electron chi connectivity index (χ2n) is 10.4. The summed E-state index contributed by atoms with van der Waals surface area (Å²) in [5, 5.41) is 4.56. The van der Waals surface area contributed by atoms with Crippen LogP contribution in [-0.2, 0) is 14.4 Å². The number of fused-ring (bicyclic) bond motifs is 1. The average molecular weight is 602 g/mol. The molecule has 0 unspecified atom stereocenters. The fourth-order valence-corrected chi connectivity index (χ4v) is 6.70. The number of piperazine rings is 1. The van der Waals surface area contributed by atoms with Gasteiger partial charge in [0, 0.05) is 44.2 Å². The van der Waals surface area contributed by atoms with Crippen molar-refractivity contribution in [2.75, 3.05) is 43.4 Å². The van der Waals surface area contributed by atoms with Gasteiger partial charge in [0.2, 0.25) is 17.7 Å². The molecule has 1 atom stereocenters. The molecule has 1 saturated heterocycles. The molecule has 0 saturated carbocycles. The van der Waals surface area contributed by atoms with E-state index in [1.807, 2.05) is 30.3 Å². The van der Waals surface area contributed by atoms with E-state index < -0.39 is 11.1 Å². The topological polar surface area (TPSA) is 78.8 Å². The molecule has 8 nitrogen and oxygen atoms in total. The van der Waals surface area contributed by atoms with Crippen LogP contribution in [-0.4, -0.2) is 75.8 Å². The molecule has 0 radical (unpaired) electrons. The summed E-state index contributed by atoms with van der Waals surface area (Å²) in [5.41, 5.74) is 3.40. The third kappa shape index (κ3) is 5.77. The molecular formula is C32H29F2N5O3S. The molecule has 220 valence electrons. The monoisotopic (exact) mass is 601 g/mol. The smallest absolute Gasteiger partial charge is 0.242 e. The molecule has 1 aromatic heterocycles. The zero-order chi connectivity index (χ0) is 30.1. The number of hydrogen-bond donors (Lipinski definition) is 0. The SMILES string of the molecule is CC(=O)N1CCN(C(=O)CN2C(=O)CS[C@H](c3ccc(F)cc3)c3c(-c4ccccc4)nn(-c4ccc(F)cc4)c32)CC1. The highest BCUT2D eigenvalue weighted by molar-refractivity contribution is 8.00. The van der Waals surface area contributed by atoms with Gasteiger partial charge in [0.1, 0.15) is 24.0 Å². The summed E-state index contributed by atoms with van der Waals surface area (Å²) in [6.45, 7) is 2.86. The lowest BCUT2D eigenvalue weighted by atomic mass is 9.99. The number of aromatic nitrogens is 2. The van der Waals surface area contributed by atoms with E-state index in [1.54, 1.807) is 38.7 Å². The lowest BCUT2D eigenvalue weighted by Gasteiger charge is -2.35. The van der Waals surface area contributed by atoms with Crippen LogP contribution in [0.2, 0.25) is 0 Å². The Labute approximate surface area is 251 Å². The Bertz CT molecular complexity index is 1650. The van der Waals surface area contributed by atoms with Gasteiger partial charge in [-0.05, 0) is 42.0 Å². The van der Waals surface area contributed by atoms with Gasteiger partial charge >= 0.3 is 0 Å². The normalized spacial score (nSPS) is 17.0. The third-order valence-corrected chi connectivity index (χ3v) is 9.01. The Morgan fingerprint density at radius 1 is 0.860 bits per heavy atom. The highest BCUT2D eigenvalue weighted by Crippen LogP contribution is 2.48. The van der Waals surface area contributed by atoms with Crippen molar-refractivity contribution in [2.45, 2.75) is 12.2 Å². The van der Waals surface area contributed by atoms with E-state index in [0.717, 1.165) is 11.1 Å². The summed E-state index contributed by atoms with van der Waals surface area (Å²) in [6.07, 6.45) is 0. The van der Waals surface area contributed by atoms with Crippen molar-refractivity contribution in [3.05, 3.63) is 102 Å². The van der Waals surface area contributed by atoms with Gasteiger partial charge < -0.3 is 9.80 Å². The Morgan fingerprint density at radius 2 is 1.47 bits per heavy atom. The summed E-state index contributed by atoms with van der Waals surface area (Å²) < 4.78 is 29.5. The van der Waals surface area contributed by atoms with E-state index in [1.165, 1.54) is 47.9 Å². The number of anilines is 1. The van der Waals surface area contributed by atoms with Crippen LogP contribution in [0.5, 0.6) is 0 Å². The van der Waals surface area contributed by atoms with Crippen LogP contribution in [0.3, 0.4) is 0 Å². The van der Waals surface area contributed by atoms with Crippen LogP contribution >= 0.6 is 11.8 Å². The van der Waals surface area contributed by atoms with E-state index in [0.29, 0.717) is 48.9 Å². The molecule has 2 aliphatic heterocycles. The number of amides is 3. The largest absolute Gasteiger partial charge is 0.339 e. The molecule has 3 amide bonds. The van der Waals surface area contributed by atoms with Gasteiger partial charge in [-0.15, -0.1) is 11.8 Å². The lowest BCUT2D eigenvalue weighted by Crippen LogP contribution is -2.53. The first-order chi connectivity index (χ1) is 20.8. The number of benzene rings is 3. The highest BCUT2D eigenvalue weighted by Gasteiger charge is 2.38. The van der Waals surface area contributed by atoms with Gasteiger partial charge in [-0.25, -0.2) is 13.5 Å². The first-order valence-electron chi connectivity index (χ1n) is 13.9. The van der Waals surface area contributed by atoms with Crippen LogP contribution in [0, 0.1) is 11.6 Å². The summed E-state index contributed by atoms with van der Waals surface area (Å²) in [4.78, 5) is 44.2. The second kappa shape index (κ2) is 12.0. The maximum Gasteiger partial charge on any atom is 0.242 e. The Kier molecular flexibility index (Phi) is 7.98. The quantitative estimate of drug-likeness (QED) is 0.332. The number of rotatable bonds is 5. The average Bonchev–Trinajstić information content (AvgIpc) is 3.35. The first kappa shape index (κ1) is 28.6. The molecule has 3 aromatic carbocycles. The van der Waals surface area contributed by atoms with E-state index >= 15 is 0 Å². The minimum Gasteiger partial charge on any atom is -0.339 e. The highest BCUT2D eigenvalue weighted by atomic mass is 32.2. The lowest BCUT2D eigenvalue weighted by molar-refractivity contribution is -0.137. The molecule has 6 rings (SSSR count). The molecule has 0 spiro atoms. The molecule has 43 heavy (non-hydrogen) atoms. The van der Waals surface area contributed by atoms with Crippen molar-refractivity contribution in [3.8, 4) is 16.9 Å². The van der Waals surface area contributed by atoms with Crippen LogP contribution in [0.1, 0.15) is 23.3 Å². The zero-order valence-electron chi connectivity index (χ0n) is 23.5. The molecule has 0 aliphatic carbocycles. The fraction of sp³-hybridized carbons (Fsp3) is 0.250.